The number of pyridine rings is 1. The van der Waals surface area contributed by atoms with Crippen LogP contribution >= 0.6 is 24.0 Å². The van der Waals surface area contributed by atoms with Gasteiger partial charge in [-0.3, -0.25) is 19.1 Å². The van der Waals surface area contributed by atoms with E-state index in [0.29, 0.717) is 64.7 Å². The molecule has 0 aromatic carbocycles. The Morgan fingerprint density at radius 1 is 1.41 bits per heavy atom. The smallest absolute Gasteiger partial charge is 0.270 e. The van der Waals surface area contributed by atoms with Gasteiger partial charge in [0, 0.05) is 32.4 Å². The molecule has 0 aliphatic carbocycles. The lowest BCUT2D eigenvalue weighted by Crippen LogP contribution is -2.29. The molecule has 32 heavy (non-hydrogen) atoms. The number of rotatable bonds is 9. The summed E-state index contributed by atoms with van der Waals surface area (Å²) in [6, 6.07) is 5.57. The van der Waals surface area contributed by atoms with E-state index >= 15 is 0 Å². The van der Waals surface area contributed by atoms with Crippen LogP contribution < -0.4 is 10.9 Å². The molecule has 3 heterocycles. The average Bonchev–Trinajstić information content (AvgIpc) is 3.38. The van der Waals surface area contributed by atoms with E-state index in [2.05, 4.69) is 5.32 Å². The molecule has 1 saturated heterocycles. The Morgan fingerprint density at radius 2 is 2.19 bits per heavy atom. The van der Waals surface area contributed by atoms with Crippen molar-refractivity contribution in [3.8, 4) is 6.07 Å². The number of hydrogen-bond acceptors (Lipinski definition) is 8. The highest BCUT2D eigenvalue weighted by Gasteiger charge is 2.32. The van der Waals surface area contributed by atoms with E-state index in [1.807, 2.05) is 19.1 Å². The predicted molar refractivity (Wildman–Crippen MR) is 128 cm³/mol. The monoisotopic (exact) mass is 472 g/mol. The van der Waals surface area contributed by atoms with Crippen molar-refractivity contribution in [3.63, 3.8) is 0 Å². The van der Waals surface area contributed by atoms with E-state index in [0.717, 1.165) is 0 Å². The molecule has 2 aromatic rings. The molecule has 10 heteroatoms. The van der Waals surface area contributed by atoms with Gasteiger partial charge in [0.25, 0.3) is 11.5 Å². The van der Waals surface area contributed by atoms with Crippen molar-refractivity contribution in [2.75, 3.05) is 25.1 Å². The van der Waals surface area contributed by atoms with Gasteiger partial charge in [-0.15, -0.1) is 0 Å². The summed E-state index contributed by atoms with van der Waals surface area (Å²) in [5.41, 5.74) is 0.714. The SMILES string of the molecule is CCOCCCN1C(=O)/C(=C/c2c(C)c(C#N)c(=O)n(C)c2NCc2ccco2)SC1=S. The van der Waals surface area contributed by atoms with E-state index in [1.165, 1.54) is 16.3 Å². The summed E-state index contributed by atoms with van der Waals surface area (Å²) in [6.45, 7) is 5.61. The molecule has 0 unspecified atom stereocenters. The van der Waals surface area contributed by atoms with Crippen molar-refractivity contribution in [1.29, 1.82) is 5.26 Å². The van der Waals surface area contributed by atoms with Crippen molar-refractivity contribution in [3.05, 3.63) is 56.1 Å². The minimum atomic E-state index is -0.410. The van der Waals surface area contributed by atoms with E-state index in [4.69, 9.17) is 21.4 Å². The first-order valence-electron chi connectivity index (χ1n) is 10.1. The second-order valence-electron chi connectivity index (χ2n) is 7.05. The second-order valence-corrected chi connectivity index (χ2v) is 8.73. The molecule has 168 valence electrons. The largest absolute Gasteiger partial charge is 0.467 e. The highest BCUT2D eigenvalue weighted by Crippen LogP contribution is 2.35. The molecule has 8 nitrogen and oxygen atoms in total. The van der Waals surface area contributed by atoms with Crippen LogP contribution in [0, 0.1) is 18.3 Å². The van der Waals surface area contributed by atoms with E-state index in [-0.39, 0.29) is 11.5 Å². The normalized spacial score (nSPS) is 14.9. The maximum absolute atomic E-state index is 13.0. The van der Waals surface area contributed by atoms with Crippen LogP contribution in [-0.4, -0.2) is 39.5 Å². The topological polar surface area (TPSA) is 101 Å². The molecule has 0 radical (unpaired) electrons. The van der Waals surface area contributed by atoms with Crippen molar-refractivity contribution in [2.24, 2.45) is 7.05 Å². The molecule has 0 atom stereocenters. The van der Waals surface area contributed by atoms with E-state index < -0.39 is 5.56 Å². The Labute approximate surface area is 195 Å². The Morgan fingerprint density at radius 3 is 2.84 bits per heavy atom. The quantitative estimate of drug-likeness (QED) is 0.337. The summed E-state index contributed by atoms with van der Waals surface area (Å²) in [7, 11) is 1.59. The first-order chi connectivity index (χ1) is 15.4. The van der Waals surface area contributed by atoms with Crippen LogP contribution in [0.15, 0.2) is 32.5 Å². The maximum atomic E-state index is 13.0. The fraction of sp³-hybridized carbons (Fsp3) is 0.364. The molecule has 0 spiro atoms. The van der Waals surface area contributed by atoms with Gasteiger partial charge in [0.15, 0.2) is 0 Å². The summed E-state index contributed by atoms with van der Waals surface area (Å²) in [5.74, 6) is 0.982. The van der Waals surface area contributed by atoms with Crippen LogP contribution in [0.5, 0.6) is 0 Å². The fourth-order valence-electron chi connectivity index (χ4n) is 3.32. The first-order valence-corrected chi connectivity index (χ1v) is 11.3. The number of nitrogens with zero attached hydrogens (tertiary/aromatic N) is 3. The molecule has 1 N–H and O–H groups in total. The minimum absolute atomic E-state index is 0.0366. The van der Waals surface area contributed by atoms with Crippen molar-refractivity contribution in [2.45, 2.75) is 26.8 Å². The summed E-state index contributed by atoms with van der Waals surface area (Å²) >= 11 is 6.61. The summed E-state index contributed by atoms with van der Waals surface area (Å²) < 4.78 is 12.6. The number of carbonyl (C=O) groups excluding carboxylic acids is 1. The van der Waals surface area contributed by atoms with Crippen LogP contribution in [0.3, 0.4) is 0 Å². The average molecular weight is 473 g/mol. The van der Waals surface area contributed by atoms with Gasteiger partial charge in [-0.1, -0.05) is 24.0 Å². The van der Waals surface area contributed by atoms with Crippen molar-refractivity contribution in [1.82, 2.24) is 9.47 Å². The lowest BCUT2D eigenvalue weighted by molar-refractivity contribution is -0.122. The summed E-state index contributed by atoms with van der Waals surface area (Å²) in [6.07, 6.45) is 3.95. The van der Waals surface area contributed by atoms with Gasteiger partial charge in [-0.2, -0.15) is 5.26 Å². The zero-order valence-corrected chi connectivity index (χ0v) is 19.8. The van der Waals surface area contributed by atoms with Crippen LogP contribution in [-0.2, 0) is 23.1 Å². The van der Waals surface area contributed by atoms with Crippen molar-refractivity contribution >= 4 is 46.1 Å². The van der Waals surface area contributed by atoms with Crippen molar-refractivity contribution < 1.29 is 13.9 Å². The number of ether oxygens (including phenoxy) is 1. The molecule has 3 rings (SSSR count). The Kier molecular flexibility index (Phi) is 7.90. The number of thiocarbonyl (C=S) groups is 1. The first kappa shape index (κ1) is 23.8. The number of thioether (sulfide) groups is 1. The number of nitrogens with one attached hydrogen (secondary N) is 1. The van der Waals surface area contributed by atoms with E-state index in [9.17, 15) is 14.9 Å². The summed E-state index contributed by atoms with van der Waals surface area (Å²) in [5, 5.41) is 12.7. The standard InChI is InChI=1S/C22H24N4O4S2/c1-4-29-9-6-8-26-21(28)18(32-22(26)31)11-16-14(2)17(12-23)20(27)25(3)19(16)24-13-15-7-5-10-30-15/h5,7,10-11,24H,4,6,8-9,13H2,1-3H3/b18-11-. The third-order valence-electron chi connectivity index (χ3n) is 5.03. The molecule has 1 aliphatic heterocycles. The maximum Gasteiger partial charge on any atom is 0.270 e. The highest BCUT2D eigenvalue weighted by molar-refractivity contribution is 8.26. The number of aromatic nitrogens is 1. The molecule has 2 aromatic heterocycles. The summed E-state index contributed by atoms with van der Waals surface area (Å²) in [4.78, 5) is 27.7. The molecule has 1 amide bonds. The molecule has 1 fully saturated rings. The van der Waals surface area contributed by atoms with Crippen LogP contribution in [0.4, 0.5) is 5.82 Å². The van der Waals surface area contributed by atoms with Gasteiger partial charge in [-0.05, 0) is 44.0 Å². The van der Waals surface area contributed by atoms with Gasteiger partial charge >= 0.3 is 0 Å². The lowest BCUT2D eigenvalue weighted by Gasteiger charge is -2.17. The van der Waals surface area contributed by atoms with Gasteiger partial charge in [0.05, 0.1) is 17.7 Å². The molecular weight excluding hydrogens is 448 g/mol. The van der Waals surface area contributed by atoms with Crippen LogP contribution in [0.2, 0.25) is 0 Å². The molecule has 0 saturated carbocycles. The Hall–Kier alpha value is -2.87. The second kappa shape index (κ2) is 10.6. The number of furan rings is 1. The van der Waals surface area contributed by atoms with Crippen LogP contribution in [0.1, 0.15) is 35.8 Å². The third kappa shape index (κ3) is 4.96. The van der Waals surface area contributed by atoms with Gasteiger partial charge in [0.1, 0.15) is 27.5 Å². The number of nitriles is 1. The van der Waals surface area contributed by atoms with Gasteiger partial charge in [0.2, 0.25) is 0 Å². The molecule has 1 aliphatic rings. The predicted octanol–water partition coefficient (Wildman–Crippen LogP) is 3.40. The Bertz CT molecular complexity index is 1150. The van der Waals surface area contributed by atoms with Crippen LogP contribution in [0.25, 0.3) is 6.08 Å². The zero-order valence-electron chi connectivity index (χ0n) is 18.1. The number of amides is 1. The molecular formula is C22H24N4O4S2. The third-order valence-corrected chi connectivity index (χ3v) is 6.41. The highest BCUT2D eigenvalue weighted by atomic mass is 32.2. The number of carbonyl (C=O) groups is 1. The lowest BCUT2D eigenvalue weighted by atomic mass is 10.0. The Balaban J connectivity index is 1.97. The van der Waals surface area contributed by atoms with E-state index in [1.54, 1.807) is 37.3 Å². The van der Waals surface area contributed by atoms with Gasteiger partial charge in [-0.25, -0.2) is 0 Å². The molecule has 0 bridgehead atoms. The number of hydrogen-bond donors (Lipinski definition) is 1. The minimum Gasteiger partial charge on any atom is -0.467 e. The fourth-order valence-corrected chi connectivity index (χ4v) is 4.61. The van der Waals surface area contributed by atoms with Gasteiger partial charge < -0.3 is 14.5 Å². The zero-order chi connectivity index (χ0) is 23.3. The number of anilines is 1.